The number of halogens is 5. The van der Waals surface area contributed by atoms with Crippen LogP contribution < -0.4 is 4.90 Å². The molecule has 2 aromatic rings. The van der Waals surface area contributed by atoms with Gasteiger partial charge < -0.3 is 4.90 Å². The normalized spacial score (nSPS) is 15.4. The Morgan fingerprint density at radius 2 is 1.66 bits per heavy atom. The average molecular weight is 487 g/mol. The van der Waals surface area contributed by atoms with Gasteiger partial charge in [0.05, 0.1) is 16.3 Å². The van der Waals surface area contributed by atoms with Crippen molar-refractivity contribution in [1.29, 1.82) is 0 Å². The third-order valence-electron chi connectivity index (χ3n) is 5.49. The van der Waals surface area contributed by atoms with E-state index in [4.69, 9.17) is 23.2 Å². The van der Waals surface area contributed by atoms with Crippen LogP contribution in [0.5, 0.6) is 0 Å². The molecule has 1 fully saturated rings. The van der Waals surface area contributed by atoms with Gasteiger partial charge in [-0.15, -0.1) is 0 Å². The van der Waals surface area contributed by atoms with Crippen LogP contribution in [0, 0.1) is 0 Å². The van der Waals surface area contributed by atoms with Gasteiger partial charge >= 0.3 is 6.18 Å². The van der Waals surface area contributed by atoms with Crippen LogP contribution in [0.4, 0.5) is 18.9 Å². The quantitative estimate of drug-likeness (QED) is 0.487. The van der Waals surface area contributed by atoms with Crippen LogP contribution in [0.1, 0.15) is 48.5 Å². The molecule has 1 unspecified atom stereocenters. The summed E-state index contributed by atoms with van der Waals surface area (Å²) >= 11 is 12.2. The number of likely N-dealkylation sites (tertiary alicyclic amines) is 1. The number of carbonyl (C=O) groups is 2. The molecule has 9 heteroatoms. The number of carbonyl (C=O) groups excluding carboxylic acids is 2. The molecular weight excluding hydrogens is 464 g/mol. The SMILES string of the molecule is CCC(C(=O)N1CCCCC1)N(C(=O)c1ccc(Cl)cc1)c1cc(C(F)(F)F)ccc1Cl. The maximum absolute atomic E-state index is 13.5. The summed E-state index contributed by atoms with van der Waals surface area (Å²) in [7, 11) is 0. The lowest BCUT2D eigenvalue weighted by atomic mass is 10.0. The van der Waals surface area contributed by atoms with Gasteiger partial charge in [-0.05, 0) is 68.1 Å². The number of amides is 2. The van der Waals surface area contributed by atoms with Crippen LogP contribution in [-0.2, 0) is 11.0 Å². The first-order valence-electron chi connectivity index (χ1n) is 10.4. The number of alkyl halides is 3. The van der Waals surface area contributed by atoms with Crippen molar-refractivity contribution < 1.29 is 22.8 Å². The molecule has 2 amide bonds. The zero-order valence-corrected chi connectivity index (χ0v) is 19.0. The number of hydrogen-bond acceptors (Lipinski definition) is 2. The van der Waals surface area contributed by atoms with Gasteiger partial charge in [-0.25, -0.2) is 0 Å². The summed E-state index contributed by atoms with van der Waals surface area (Å²) in [6.45, 7) is 2.82. The highest BCUT2D eigenvalue weighted by molar-refractivity contribution is 6.34. The summed E-state index contributed by atoms with van der Waals surface area (Å²) < 4.78 is 40.3. The molecule has 1 heterocycles. The Hall–Kier alpha value is -2.25. The first-order valence-corrected chi connectivity index (χ1v) is 11.1. The minimum absolute atomic E-state index is 0.0507. The van der Waals surface area contributed by atoms with Gasteiger partial charge in [-0.3, -0.25) is 14.5 Å². The summed E-state index contributed by atoms with van der Waals surface area (Å²) in [6, 6.07) is 7.72. The van der Waals surface area contributed by atoms with E-state index in [2.05, 4.69) is 0 Å². The van der Waals surface area contributed by atoms with E-state index < -0.39 is 23.7 Å². The van der Waals surface area contributed by atoms with Gasteiger partial charge in [0.15, 0.2) is 0 Å². The summed E-state index contributed by atoms with van der Waals surface area (Å²) in [5.41, 5.74) is -0.919. The summed E-state index contributed by atoms with van der Waals surface area (Å²) in [6.07, 6.45) is -1.73. The van der Waals surface area contributed by atoms with Crippen LogP contribution in [0.15, 0.2) is 42.5 Å². The lowest BCUT2D eigenvalue weighted by molar-refractivity contribution is -0.137. The van der Waals surface area contributed by atoms with Crippen LogP contribution in [-0.4, -0.2) is 35.8 Å². The van der Waals surface area contributed by atoms with Gasteiger partial charge in [0.25, 0.3) is 5.91 Å². The first-order chi connectivity index (χ1) is 15.1. The smallest absolute Gasteiger partial charge is 0.341 e. The van der Waals surface area contributed by atoms with Gasteiger partial charge in [0, 0.05) is 23.7 Å². The van der Waals surface area contributed by atoms with Crippen molar-refractivity contribution in [1.82, 2.24) is 4.90 Å². The maximum Gasteiger partial charge on any atom is 0.416 e. The molecule has 1 atom stereocenters. The molecule has 0 saturated carbocycles. The van der Waals surface area contributed by atoms with Crippen LogP contribution in [0.2, 0.25) is 10.0 Å². The molecular formula is C23H23Cl2F3N2O2. The second-order valence-electron chi connectivity index (χ2n) is 7.66. The Bertz CT molecular complexity index is 974. The Balaban J connectivity index is 2.11. The second kappa shape index (κ2) is 10.1. The van der Waals surface area contributed by atoms with E-state index >= 15 is 0 Å². The Kier molecular flexibility index (Phi) is 7.72. The highest BCUT2D eigenvalue weighted by atomic mass is 35.5. The van der Waals surface area contributed by atoms with Crippen molar-refractivity contribution in [2.24, 2.45) is 0 Å². The minimum atomic E-state index is -4.63. The van der Waals surface area contributed by atoms with E-state index in [0.717, 1.165) is 42.4 Å². The molecule has 0 spiro atoms. The van der Waals surface area contributed by atoms with Crippen LogP contribution in [0.25, 0.3) is 0 Å². The second-order valence-corrected chi connectivity index (χ2v) is 8.50. The molecule has 2 aromatic carbocycles. The summed E-state index contributed by atoms with van der Waals surface area (Å²) in [5, 5.41) is 0.354. The lowest BCUT2D eigenvalue weighted by Gasteiger charge is -2.36. The zero-order valence-electron chi connectivity index (χ0n) is 17.5. The predicted octanol–water partition coefficient (Wildman–Crippen LogP) is 6.45. The fourth-order valence-electron chi connectivity index (χ4n) is 3.82. The number of benzene rings is 2. The van der Waals surface area contributed by atoms with Gasteiger partial charge in [-0.2, -0.15) is 13.2 Å². The molecule has 172 valence electrons. The Morgan fingerprint density at radius 1 is 1.03 bits per heavy atom. The summed E-state index contributed by atoms with van der Waals surface area (Å²) in [4.78, 5) is 29.7. The first kappa shape index (κ1) is 24.4. The molecule has 0 radical (unpaired) electrons. The van der Waals surface area contributed by atoms with Crippen LogP contribution in [0.3, 0.4) is 0 Å². The molecule has 1 aliphatic rings. The van der Waals surface area contributed by atoms with Gasteiger partial charge in [-0.1, -0.05) is 30.1 Å². The fraction of sp³-hybridized carbons (Fsp3) is 0.391. The molecule has 4 nitrogen and oxygen atoms in total. The number of hydrogen-bond donors (Lipinski definition) is 0. The lowest BCUT2D eigenvalue weighted by Crippen LogP contribution is -2.52. The molecule has 0 bridgehead atoms. The molecule has 0 N–H and O–H groups in total. The van der Waals surface area contributed by atoms with E-state index in [9.17, 15) is 22.8 Å². The number of piperidine rings is 1. The third kappa shape index (κ3) is 5.38. The Labute approximate surface area is 194 Å². The molecule has 1 aliphatic heterocycles. The van der Waals surface area contributed by atoms with Gasteiger partial charge in [0.2, 0.25) is 5.91 Å². The van der Waals surface area contributed by atoms with Crippen molar-refractivity contribution in [3.8, 4) is 0 Å². The molecule has 3 rings (SSSR count). The monoisotopic (exact) mass is 486 g/mol. The van der Waals surface area contributed by atoms with Gasteiger partial charge in [0.1, 0.15) is 6.04 Å². The van der Waals surface area contributed by atoms with Crippen molar-refractivity contribution in [2.75, 3.05) is 18.0 Å². The summed E-state index contributed by atoms with van der Waals surface area (Å²) in [5.74, 6) is -0.928. The molecule has 0 aromatic heterocycles. The predicted molar refractivity (Wildman–Crippen MR) is 119 cm³/mol. The fourth-order valence-corrected chi connectivity index (χ4v) is 4.15. The maximum atomic E-state index is 13.5. The standard InChI is InChI=1S/C23H23Cl2F3N2O2/c1-2-19(22(32)29-12-4-3-5-13-29)30(21(31)15-6-9-17(24)10-7-15)20-14-16(23(26,27)28)8-11-18(20)25/h6-11,14,19H,2-5,12-13H2,1H3. The van der Waals surface area contributed by atoms with Crippen molar-refractivity contribution in [3.63, 3.8) is 0 Å². The van der Waals surface area contributed by atoms with Crippen molar-refractivity contribution in [2.45, 2.75) is 44.8 Å². The number of anilines is 1. The minimum Gasteiger partial charge on any atom is -0.341 e. The largest absolute Gasteiger partial charge is 0.416 e. The number of nitrogens with zero attached hydrogens (tertiary/aromatic N) is 2. The third-order valence-corrected chi connectivity index (χ3v) is 6.07. The van der Waals surface area contributed by atoms with E-state index in [1.54, 1.807) is 11.8 Å². The highest BCUT2D eigenvalue weighted by Gasteiger charge is 2.37. The zero-order chi connectivity index (χ0) is 23.5. The highest BCUT2D eigenvalue weighted by Crippen LogP contribution is 2.37. The number of rotatable bonds is 5. The average Bonchev–Trinajstić information content (AvgIpc) is 2.77. The van der Waals surface area contributed by atoms with Crippen molar-refractivity contribution in [3.05, 3.63) is 63.6 Å². The van der Waals surface area contributed by atoms with E-state index in [0.29, 0.717) is 18.1 Å². The Morgan fingerprint density at radius 3 is 2.22 bits per heavy atom. The van der Waals surface area contributed by atoms with Crippen molar-refractivity contribution >= 4 is 40.7 Å². The molecule has 32 heavy (non-hydrogen) atoms. The molecule has 1 saturated heterocycles. The van der Waals surface area contributed by atoms with E-state index in [-0.39, 0.29) is 28.6 Å². The van der Waals surface area contributed by atoms with E-state index in [1.807, 2.05) is 0 Å². The van der Waals surface area contributed by atoms with E-state index in [1.165, 1.54) is 24.3 Å². The molecule has 0 aliphatic carbocycles. The van der Waals surface area contributed by atoms with Crippen LogP contribution >= 0.6 is 23.2 Å². The topological polar surface area (TPSA) is 40.6 Å².